The molecule has 0 radical (unpaired) electrons. The van der Waals surface area contributed by atoms with Crippen molar-refractivity contribution in [3.8, 4) is 0 Å². The molecule has 2 atom stereocenters. The van der Waals surface area contributed by atoms with Gasteiger partial charge in [0.1, 0.15) is 5.54 Å². The minimum atomic E-state index is -4.46. The number of carbonyl (C=O) groups excluding carboxylic acids is 1. The normalized spacial score (nSPS) is 25.4. The summed E-state index contributed by atoms with van der Waals surface area (Å²) in [6, 6.07) is 5.21. The second-order valence-electron chi connectivity index (χ2n) is 5.91. The van der Waals surface area contributed by atoms with Crippen LogP contribution in [0.5, 0.6) is 0 Å². The largest absolute Gasteiger partial charge is 0.480 e. The van der Waals surface area contributed by atoms with Crippen LogP contribution < -0.4 is 5.32 Å². The summed E-state index contributed by atoms with van der Waals surface area (Å²) in [6.07, 6.45) is -3.41. The smallest absolute Gasteiger partial charge is 0.416 e. The highest BCUT2D eigenvalue weighted by Crippen LogP contribution is 2.51. The summed E-state index contributed by atoms with van der Waals surface area (Å²) < 4.78 is 38.9. The summed E-state index contributed by atoms with van der Waals surface area (Å²) in [5, 5.41) is 11.5. The molecule has 2 aliphatic carbocycles. The van der Waals surface area contributed by atoms with Gasteiger partial charge in [-0.25, -0.2) is 4.79 Å². The number of hydrogen-bond acceptors (Lipinski definition) is 2. The highest BCUT2D eigenvalue weighted by molar-refractivity contribution is 5.92. The van der Waals surface area contributed by atoms with Crippen LogP contribution in [0, 0.1) is 5.92 Å². The van der Waals surface area contributed by atoms with Crippen LogP contribution in [0.1, 0.15) is 36.3 Å². The number of hydrogen-bond donors (Lipinski definition) is 2. The quantitative estimate of drug-likeness (QED) is 0.898. The third kappa shape index (κ3) is 2.55. The van der Waals surface area contributed by atoms with Gasteiger partial charge in [0, 0.05) is 5.92 Å². The number of nitrogens with one attached hydrogen (secondary N) is 1. The van der Waals surface area contributed by atoms with Crippen molar-refractivity contribution in [1.82, 2.24) is 5.32 Å². The molecule has 0 bridgehead atoms. The molecule has 2 saturated carbocycles. The van der Waals surface area contributed by atoms with Crippen molar-refractivity contribution in [2.24, 2.45) is 5.92 Å². The number of carboxylic acid groups (broad SMARTS) is 1. The number of halogens is 3. The Labute approximate surface area is 124 Å². The minimum Gasteiger partial charge on any atom is -0.480 e. The molecule has 2 aliphatic rings. The maximum absolute atomic E-state index is 13.0. The molecule has 1 aromatic rings. The first-order valence-electron chi connectivity index (χ1n) is 6.96. The standard InChI is InChI=1S/C15H14F3NO3/c16-15(17,18)11-4-2-1-3-8(11)9-7-10(9)12(20)19-14(5-6-14)13(21)22/h1-4,9-10H,5-7H2,(H,19,20)(H,21,22)/t9-,10+/m1/s1. The number of aliphatic carboxylic acids is 1. The number of alkyl halides is 3. The van der Waals surface area contributed by atoms with Crippen LogP contribution in [0.25, 0.3) is 0 Å². The van der Waals surface area contributed by atoms with Crippen LogP contribution in [-0.4, -0.2) is 22.5 Å². The van der Waals surface area contributed by atoms with E-state index in [1.54, 1.807) is 0 Å². The maximum atomic E-state index is 13.0. The predicted molar refractivity (Wildman–Crippen MR) is 70.0 cm³/mol. The molecule has 3 rings (SSSR count). The fourth-order valence-corrected chi connectivity index (χ4v) is 2.75. The third-order valence-corrected chi connectivity index (χ3v) is 4.31. The lowest BCUT2D eigenvalue weighted by Gasteiger charge is -2.14. The van der Waals surface area contributed by atoms with E-state index in [2.05, 4.69) is 5.32 Å². The van der Waals surface area contributed by atoms with Crippen LogP contribution in [-0.2, 0) is 15.8 Å². The molecule has 22 heavy (non-hydrogen) atoms. The first kappa shape index (κ1) is 14.9. The van der Waals surface area contributed by atoms with E-state index < -0.39 is 41.0 Å². The second-order valence-corrected chi connectivity index (χ2v) is 5.91. The Morgan fingerprint density at radius 3 is 2.41 bits per heavy atom. The fraction of sp³-hybridized carbons (Fsp3) is 0.467. The maximum Gasteiger partial charge on any atom is 0.416 e. The van der Waals surface area contributed by atoms with E-state index in [1.807, 2.05) is 0 Å². The molecule has 0 saturated heterocycles. The monoisotopic (exact) mass is 313 g/mol. The summed E-state index contributed by atoms with van der Waals surface area (Å²) in [7, 11) is 0. The average Bonchev–Trinajstić information content (AvgIpc) is 3.32. The van der Waals surface area contributed by atoms with E-state index in [0.29, 0.717) is 19.3 Å². The Morgan fingerprint density at radius 1 is 1.23 bits per heavy atom. The zero-order chi connectivity index (χ0) is 16.1. The molecule has 0 unspecified atom stereocenters. The number of carbonyl (C=O) groups is 2. The van der Waals surface area contributed by atoms with Gasteiger partial charge in [-0.2, -0.15) is 13.2 Å². The Kier molecular flexibility index (Phi) is 3.19. The van der Waals surface area contributed by atoms with Gasteiger partial charge < -0.3 is 10.4 Å². The highest BCUT2D eigenvalue weighted by atomic mass is 19.4. The number of carboxylic acids is 1. The van der Waals surface area contributed by atoms with Crippen LogP contribution in [0.3, 0.4) is 0 Å². The molecule has 0 heterocycles. The molecule has 0 spiro atoms. The Morgan fingerprint density at radius 2 is 1.86 bits per heavy atom. The zero-order valence-corrected chi connectivity index (χ0v) is 11.5. The lowest BCUT2D eigenvalue weighted by atomic mass is 10.0. The predicted octanol–water partition coefficient (Wildman–Crippen LogP) is 2.54. The Hall–Kier alpha value is -2.05. The molecule has 7 heteroatoms. The van der Waals surface area contributed by atoms with Crippen LogP contribution in [0.2, 0.25) is 0 Å². The van der Waals surface area contributed by atoms with Crippen molar-refractivity contribution in [1.29, 1.82) is 0 Å². The SMILES string of the molecule is O=C(NC1(C(=O)O)CC1)[C@H]1C[C@@H]1c1ccccc1C(F)(F)F. The lowest BCUT2D eigenvalue weighted by Crippen LogP contribution is -2.43. The van der Waals surface area contributed by atoms with E-state index in [1.165, 1.54) is 18.2 Å². The molecule has 4 nitrogen and oxygen atoms in total. The summed E-state index contributed by atoms with van der Waals surface area (Å²) >= 11 is 0. The molecule has 0 aromatic heterocycles. The third-order valence-electron chi connectivity index (χ3n) is 4.31. The summed E-state index contributed by atoms with van der Waals surface area (Å²) in [5.41, 5.74) is -1.82. The van der Waals surface area contributed by atoms with Gasteiger partial charge in [-0.1, -0.05) is 18.2 Å². The van der Waals surface area contributed by atoms with Crippen molar-refractivity contribution in [2.75, 3.05) is 0 Å². The van der Waals surface area contributed by atoms with Crippen LogP contribution in [0.4, 0.5) is 13.2 Å². The fourth-order valence-electron chi connectivity index (χ4n) is 2.75. The van der Waals surface area contributed by atoms with Crippen molar-refractivity contribution < 1.29 is 27.9 Å². The molecular formula is C15H14F3NO3. The molecule has 2 fully saturated rings. The van der Waals surface area contributed by atoms with E-state index in [9.17, 15) is 22.8 Å². The molecule has 118 valence electrons. The summed E-state index contributed by atoms with van der Waals surface area (Å²) in [4.78, 5) is 23.1. The van der Waals surface area contributed by atoms with Crippen molar-refractivity contribution in [3.05, 3.63) is 35.4 Å². The summed E-state index contributed by atoms with van der Waals surface area (Å²) in [6.45, 7) is 0. The topological polar surface area (TPSA) is 66.4 Å². The number of amides is 1. The number of rotatable bonds is 4. The van der Waals surface area contributed by atoms with Crippen molar-refractivity contribution >= 4 is 11.9 Å². The lowest BCUT2D eigenvalue weighted by molar-refractivity contribution is -0.143. The molecule has 2 N–H and O–H groups in total. The van der Waals surface area contributed by atoms with Gasteiger partial charge in [0.05, 0.1) is 5.56 Å². The van der Waals surface area contributed by atoms with Crippen molar-refractivity contribution in [3.63, 3.8) is 0 Å². The molecular weight excluding hydrogens is 299 g/mol. The van der Waals surface area contributed by atoms with Crippen LogP contribution >= 0.6 is 0 Å². The van der Waals surface area contributed by atoms with Gasteiger partial charge in [0.15, 0.2) is 0 Å². The highest BCUT2D eigenvalue weighted by Gasteiger charge is 2.55. The van der Waals surface area contributed by atoms with E-state index in [0.717, 1.165) is 6.07 Å². The minimum absolute atomic E-state index is 0.107. The first-order valence-corrected chi connectivity index (χ1v) is 6.96. The van der Waals surface area contributed by atoms with Gasteiger partial charge in [0.2, 0.25) is 5.91 Å². The Bertz CT molecular complexity index is 637. The van der Waals surface area contributed by atoms with E-state index >= 15 is 0 Å². The van der Waals surface area contributed by atoms with Gasteiger partial charge in [-0.3, -0.25) is 4.79 Å². The summed E-state index contributed by atoms with van der Waals surface area (Å²) in [5.74, 6) is -2.64. The van der Waals surface area contributed by atoms with E-state index in [4.69, 9.17) is 5.11 Å². The average molecular weight is 313 g/mol. The molecule has 1 aromatic carbocycles. The van der Waals surface area contributed by atoms with Gasteiger partial charge >= 0.3 is 12.1 Å². The molecule has 1 amide bonds. The first-order chi connectivity index (χ1) is 10.2. The van der Waals surface area contributed by atoms with Gasteiger partial charge in [0.25, 0.3) is 0 Å². The Balaban J connectivity index is 1.73. The molecule has 0 aliphatic heterocycles. The van der Waals surface area contributed by atoms with Crippen molar-refractivity contribution in [2.45, 2.75) is 36.9 Å². The number of benzene rings is 1. The van der Waals surface area contributed by atoms with Gasteiger partial charge in [-0.15, -0.1) is 0 Å². The van der Waals surface area contributed by atoms with Gasteiger partial charge in [-0.05, 0) is 36.8 Å². The second kappa shape index (κ2) is 4.72. The van der Waals surface area contributed by atoms with Crippen LogP contribution in [0.15, 0.2) is 24.3 Å². The zero-order valence-electron chi connectivity index (χ0n) is 11.5. The van der Waals surface area contributed by atoms with E-state index in [-0.39, 0.29) is 5.56 Å².